The topological polar surface area (TPSA) is 53.5 Å². The van der Waals surface area contributed by atoms with E-state index in [9.17, 15) is 0 Å². The molecule has 0 saturated carbocycles. The van der Waals surface area contributed by atoms with Crippen molar-refractivity contribution >= 4 is 0 Å². The van der Waals surface area contributed by atoms with Crippen molar-refractivity contribution in [3.05, 3.63) is 96.8 Å². The van der Waals surface area contributed by atoms with E-state index in [2.05, 4.69) is 9.97 Å². The molecule has 4 rings (SSSR count). The molecule has 1 aromatic heterocycles. The molecule has 0 N–H and O–H groups in total. The summed E-state index contributed by atoms with van der Waals surface area (Å²) in [4.78, 5) is 8.79. The van der Waals surface area contributed by atoms with Crippen LogP contribution in [-0.4, -0.2) is 17.1 Å². The van der Waals surface area contributed by atoms with Crippen LogP contribution in [0.25, 0.3) is 11.3 Å². The minimum Gasteiger partial charge on any atom is -0.496 e. The first-order chi connectivity index (χ1) is 14.3. The summed E-state index contributed by atoms with van der Waals surface area (Å²) in [7, 11) is 1.63. The predicted octanol–water partition coefficient (Wildman–Crippen LogP) is 5.52. The Balaban J connectivity index is 1.50. The van der Waals surface area contributed by atoms with Crippen molar-refractivity contribution in [1.82, 2.24) is 9.97 Å². The number of benzene rings is 3. The maximum absolute atomic E-state index is 6.00. The first kappa shape index (κ1) is 18.5. The Hall–Kier alpha value is -3.86. The van der Waals surface area contributed by atoms with Gasteiger partial charge in [0.1, 0.15) is 29.5 Å². The van der Waals surface area contributed by atoms with Gasteiger partial charge in [-0.15, -0.1) is 0 Å². The van der Waals surface area contributed by atoms with E-state index in [-0.39, 0.29) is 0 Å². The van der Waals surface area contributed by atoms with Gasteiger partial charge >= 0.3 is 0 Å². The van der Waals surface area contributed by atoms with Gasteiger partial charge in [-0.05, 0) is 42.0 Å². The lowest BCUT2D eigenvalue weighted by Crippen LogP contribution is -1.97. The summed E-state index contributed by atoms with van der Waals surface area (Å²) < 4.78 is 17.3. The van der Waals surface area contributed by atoms with E-state index in [4.69, 9.17) is 14.2 Å². The number of aromatic nitrogens is 2. The zero-order valence-corrected chi connectivity index (χ0v) is 16.0. The van der Waals surface area contributed by atoms with Gasteiger partial charge in [0.05, 0.1) is 7.11 Å². The van der Waals surface area contributed by atoms with E-state index in [1.807, 2.05) is 78.9 Å². The second-order valence-electron chi connectivity index (χ2n) is 6.26. The van der Waals surface area contributed by atoms with E-state index in [1.54, 1.807) is 19.5 Å². The summed E-state index contributed by atoms with van der Waals surface area (Å²) in [6.45, 7) is 0.517. The molecule has 0 atom stereocenters. The largest absolute Gasteiger partial charge is 0.496 e. The third-order valence-corrected chi connectivity index (χ3v) is 4.31. The van der Waals surface area contributed by atoms with Gasteiger partial charge < -0.3 is 14.2 Å². The zero-order chi connectivity index (χ0) is 19.9. The lowest BCUT2D eigenvalue weighted by atomic mass is 10.1. The van der Waals surface area contributed by atoms with Crippen LogP contribution in [0.5, 0.6) is 23.1 Å². The van der Waals surface area contributed by atoms with Gasteiger partial charge in [0.15, 0.2) is 0 Å². The molecule has 0 radical (unpaired) electrons. The second kappa shape index (κ2) is 8.89. The van der Waals surface area contributed by atoms with Crippen molar-refractivity contribution in [2.45, 2.75) is 6.61 Å². The van der Waals surface area contributed by atoms with Gasteiger partial charge in [-0.3, -0.25) is 0 Å². The Kier molecular flexibility index (Phi) is 5.67. The summed E-state index contributed by atoms with van der Waals surface area (Å²) in [5.74, 6) is 2.54. The molecule has 1 heterocycles. The minimum atomic E-state index is 0.412. The average Bonchev–Trinajstić information content (AvgIpc) is 2.80. The van der Waals surface area contributed by atoms with Crippen molar-refractivity contribution < 1.29 is 14.2 Å². The molecule has 0 aliphatic heterocycles. The molecule has 0 spiro atoms. The van der Waals surface area contributed by atoms with Crippen molar-refractivity contribution in [3.63, 3.8) is 0 Å². The molecule has 5 nitrogen and oxygen atoms in total. The molecule has 0 unspecified atom stereocenters. The van der Waals surface area contributed by atoms with Gasteiger partial charge in [-0.2, -0.15) is 0 Å². The number of nitrogens with zero attached hydrogens (tertiary/aromatic N) is 2. The molecule has 29 heavy (non-hydrogen) atoms. The highest BCUT2D eigenvalue weighted by molar-refractivity contribution is 5.71. The minimum absolute atomic E-state index is 0.412. The van der Waals surface area contributed by atoms with Crippen LogP contribution in [0.15, 0.2) is 91.3 Å². The fraction of sp³-hybridized carbons (Fsp3) is 0.0833. The monoisotopic (exact) mass is 384 g/mol. The van der Waals surface area contributed by atoms with Gasteiger partial charge in [-0.25, -0.2) is 9.97 Å². The summed E-state index contributed by atoms with van der Waals surface area (Å²) >= 11 is 0. The standard InChI is InChI=1S/C24H20N2O3/c1-27-22-10-6-5-9-21(22)23-24(26-16-15-25-23)29-20-13-11-19(12-14-20)28-17-18-7-3-2-4-8-18/h2-16H,17H2,1H3. The molecule has 0 fully saturated rings. The molecule has 3 aromatic carbocycles. The third kappa shape index (κ3) is 4.52. The van der Waals surface area contributed by atoms with Crippen molar-refractivity contribution in [3.8, 4) is 34.4 Å². The number of hydrogen-bond acceptors (Lipinski definition) is 5. The highest BCUT2D eigenvalue weighted by Crippen LogP contribution is 2.35. The molecule has 0 aliphatic rings. The Bertz CT molecular complexity index is 1070. The fourth-order valence-electron chi connectivity index (χ4n) is 2.88. The zero-order valence-electron chi connectivity index (χ0n) is 16.0. The average molecular weight is 384 g/mol. The van der Waals surface area contributed by atoms with Crippen LogP contribution >= 0.6 is 0 Å². The maximum atomic E-state index is 6.00. The molecule has 144 valence electrons. The second-order valence-corrected chi connectivity index (χ2v) is 6.26. The van der Waals surface area contributed by atoms with Crippen molar-refractivity contribution in [1.29, 1.82) is 0 Å². The van der Waals surface area contributed by atoms with E-state index < -0.39 is 0 Å². The predicted molar refractivity (Wildman–Crippen MR) is 111 cm³/mol. The summed E-state index contributed by atoms with van der Waals surface area (Å²) in [6.07, 6.45) is 3.24. The quantitative estimate of drug-likeness (QED) is 0.420. The molecule has 0 amide bonds. The first-order valence-electron chi connectivity index (χ1n) is 9.22. The summed E-state index contributed by atoms with van der Waals surface area (Å²) in [5, 5.41) is 0. The van der Waals surface area contributed by atoms with Crippen LogP contribution in [0.1, 0.15) is 5.56 Å². The summed E-state index contributed by atoms with van der Waals surface area (Å²) in [5.41, 5.74) is 2.56. The molecular weight excluding hydrogens is 364 g/mol. The van der Waals surface area contributed by atoms with Crippen LogP contribution in [0.2, 0.25) is 0 Å². The number of ether oxygens (including phenoxy) is 3. The van der Waals surface area contributed by atoms with Crippen LogP contribution in [0, 0.1) is 0 Å². The Morgan fingerprint density at radius 1 is 0.724 bits per heavy atom. The Morgan fingerprint density at radius 2 is 1.41 bits per heavy atom. The van der Waals surface area contributed by atoms with Crippen molar-refractivity contribution in [2.75, 3.05) is 7.11 Å². The lowest BCUT2D eigenvalue weighted by Gasteiger charge is -2.12. The Morgan fingerprint density at radius 3 is 2.21 bits per heavy atom. The van der Waals surface area contributed by atoms with Gasteiger partial charge in [0, 0.05) is 18.0 Å². The van der Waals surface area contributed by atoms with E-state index in [1.165, 1.54) is 0 Å². The number of hydrogen-bond donors (Lipinski definition) is 0. The van der Waals surface area contributed by atoms with Crippen LogP contribution in [0.3, 0.4) is 0 Å². The van der Waals surface area contributed by atoms with Crippen LogP contribution in [-0.2, 0) is 6.61 Å². The van der Waals surface area contributed by atoms with Gasteiger partial charge in [0.2, 0.25) is 5.88 Å². The van der Waals surface area contributed by atoms with Gasteiger partial charge in [0.25, 0.3) is 0 Å². The highest BCUT2D eigenvalue weighted by atomic mass is 16.5. The smallest absolute Gasteiger partial charge is 0.246 e. The normalized spacial score (nSPS) is 10.4. The third-order valence-electron chi connectivity index (χ3n) is 4.31. The molecule has 0 saturated heterocycles. The fourth-order valence-corrected chi connectivity index (χ4v) is 2.88. The molecule has 0 aliphatic carbocycles. The highest BCUT2D eigenvalue weighted by Gasteiger charge is 2.14. The molecular formula is C24H20N2O3. The van der Waals surface area contributed by atoms with Gasteiger partial charge in [-0.1, -0.05) is 42.5 Å². The molecule has 0 bridgehead atoms. The summed E-state index contributed by atoms with van der Waals surface area (Å²) in [6, 6.07) is 25.1. The first-order valence-corrected chi connectivity index (χ1v) is 9.22. The number of methoxy groups -OCH3 is 1. The Labute approximate surface area is 169 Å². The van der Waals surface area contributed by atoms with E-state index in [0.29, 0.717) is 29.7 Å². The molecule has 4 aromatic rings. The SMILES string of the molecule is COc1ccccc1-c1nccnc1Oc1ccc(OCc2ccccc2)cc1. The number of rotatable bonds is 7. The van der Waals surface area contributed by atoms with E-state index >= 15 is 0 Å². The van der Waals surface area contributed by atoms with Crippen LogP contribution in [0.4, 0.5) is 0 Å². The van der Waals surface area contributed by atoms with Crippen molar-refractivity contribution in [2.24, 2.45) is 0 Å². The lowest BCUT2D eigenvalue weighted by molar-refractivity contribution is 0.305. The van der Waals surface area contributed by atoms with E-state index in [0.717, 1.165) is 16.9 Å². The number of para-hydroxylation sites is 1. The maximum Gasteiger partial charge on any atom is 0.246 e. The van der Waals surface area contributed by atoms with Crippen LogP contribution < -0.4 is 14.2 Å². The molecule has 5 heteroatoms.